The van der Waals surface area contributed by atoms with E-state index in [1.807, 2.05) is 0 Å². The lowest BCUT2D eigenvalue weighted by molar-refractivity contribution is 0.0691. The topological polar surface area (TPSA) is 70.6 Å². The van der Waals surface area contributed by atoms with E-state index in [1.54, 1.807) is 25.1 Å². The molecule has 0 atom stereocenters. The fourth-order valence-electron chi connectivity index (χ4n) is 2.81. The minimum atomic E-state index is -4.31. The van der Waals surface area contributed by atoms with Crippen molar-refractivity contribution in [3.05, 3.63) is 59.4 Å². The number of carbonyl (C=O) groups is 1. The van der Waals surface area contributed by atoms with E-state index < -0.39 is 26.6 Å². The number of aryl methyl sites for hydroxylation is 1. The number of rotatable bonds is 3. The fourth-order valence-corrected chi connectivity index (χ4v) is 4.34. The number of benzene rings is 1. The van der Waals surface area contributed by atoms with Crippen LogP contribution in [-0.4, -0.2) is 54.7 Å². The van der Waals surface area contributed by atoms with Crippen molar-refractivity contribution in [3.8, 4) is 0 Å². The summed E-state index contributed by atoms with van der Waals surface area (Å²) in [7, 11) is -4.31. The smallest absolute Gasteiger partial charge is 0.272 e. The molecule has 26 heavy (non-hydrogen) atoms. The van der Waals surface area contributed by atoms with Crippen molar-refractivity contribution < 1.29 is 22.0 Å². The molecule has 1 amide bonds. The first-order valence-corrected chi connectivity index (χ1v) is 9.42. The number of hydrogen-bond donors (Lipinski definition) is 0. The monoisotopic (exact) mass is 381 g/mol. The third-order valence-corrected chi connectivity index (χ3v) is 6.10. The van der Waals surface area contributed by atoms with Gasteiger partial charge in [0.05, 0.1) is 0 Å². The molecule has 0 bridgehead atoms. The Morgan fingerprint density at radius 1 is 1.00 bits per heavy atom. The molecule has 1 aromatic carbocycles. The second-order valence-electron chi connectivity index (χ2n) is 5.91. The van der Waals surface area contributed by atoms with Gasteiger partial charge in [-0.3, -0.25) is 4.79 Å². The maximum atomic E-state index is 13.8. The van der Waals surface area contributed by atoms with Crippen molar-refractivity contribution in [1.29, 1.82) is 0 Å². The molecule has 0 unspecified atom stereocenters. The summed E-state index contributed by atoms with van der Waals surface area (Å²) in [5.74, 6) is -2.57. The molecule has 0 saturated carbocycles. The van der Waals surface area contributed by atoms with Gasteiger partial charge in [0.2, 0.25) is 10.0 Å². The maximum Gasteiger partial charge on any atom is 0.272 e. The van der Waals surface area contributed by atoms with Crippen LogP contribution in [0.3, 0.4) is 0 Å². The number of amides is 1. The number of halogens is 2. The number of hydrogen-bond acceptors (Lipinski definition) is 4. The maximum absolute atomic E-state index is 13.8. The van der Waals surface area contributed by atoms with Crippen LogP contribution in [0.1, 0.15) is 16.2 Å². The van der Waals surface area contributed by atoms with Gasteiger partial charge in [-0.05, 0) is 31.2 Å². The van der Waals surface area contributed by atoms with Crippen molar-refractivity contribution in [2.75, 3.05) is 26.2 Å². The number of carbonyl (C=O) groups excluding carboxylic acids is 1. The zero-order chi connectivity index (χ0) is 18.9. The van der Waals surface area contributed by atoms with Crippen LogP contribution < -0.4 is 0 Å². The second kappa shape index (κ2) is 7.08. The molecule has 6 nitrogen and oxygen atoms in total. The van der Waals surface area contributed by atoms with E-state index in [0.29, 0.717) is 5.69 Å². The highest BCUT2D eigenvalue weighted by molar-refractivity contribution is 7.89. The highest BCUT2D eigenvalue weighted by Crippen LogP contribution is 2.23. The van der Waals surface area contributed by atoms with Gasteiger partial charge in [-0.1, -0.05) is 12.1 Å². The molecule has 1 aromatic heterocycles. The van der Waals surface area contributed by atoms with Crippen molar-refractivity contribution in [3.63, 3.8) is 0 Å². The predicted octanol–water partition coefficient (Wildman–Crippen LogP) is 1.81. The molecule has 9 heteroatoms. The van der Waals surface area contributed by atoms with Crippen molar-refractivity contribution in [2.45, 2.75) is 11.8 Å². The van der Waals surface area contributed by atoms with E-state index in [-0.39, 0.29) is 37.8 Å². The molecule has 0 aliphatic carbocycles. The lowest BCUT2D eigenvalue weighted by Gasteiger charge is -2.33. The number of pyridine rings is 1. The Kier molecular flexibility index (Phi) is 5.01. The van der Waals surface area contributed by atoms with Gasteiger partial charge in [0, 0.05) is 31.9 Å². The number of aromatic nitrogens is 1. The summed E-state index contributed by atoms with van der Waals surface area (Å²) in [5, 5.41) is 0. The normalized spacial score (nSPS) is 15.9. The molecule has 138 valence electrons. The highest BCUT2D eigenvalue weighted by Gasteiger charge is 2.34. The Labute approximate surface area is 150 Å². The number of piperazine rings is 1. The number of sulfonamides is 1. The third-order valence-electron chi connectivity index (χ3n) is 4.15. The highest BCUT2D eigenvalue weighted by atomic mass is 32.2. The zero-order valence-electron chi connectivity index (χ0n) is 14.0. The second-order valence-corrected chi connectivity index (χ2v) is 7.79. The van der Waals surface area contributed by atoms with Gasteiger partial charge in [-0.2, -0.15) is 4.31 Å². The first kappa shape index (κ1) is 18.4. The fraction of sp³-hybridized carbons (Fsp3) is 0.294. The first-order chi connectivity index (χ1) is 12.3. The molecule has 1 fully saturated rings. The first-order valence-electron chi connectivity index (χ1n) is 7.98. The Hall–Kier alpha value is -2.39. The van der Waals surface area contributed by atoms with Crippen molar-refractivity contribution in [2.24, 2.45) is 0 Å². The number of nitrogens with zero attached hydrogens (tertiary/aromatic N) is 3. The van der Waals surface area contributed by atoms with E-state index in [9.17, 15) is 22.0 Å². The Morgan fingerprint density at radius 2 is 1.58 bits per heavy atom. The Morgan fingerprint density at radius 3 is 2.15 bits per heavy atom. The molecule has 2 heterocycles. The summed E-state index contributed by atoms with van der Waals surface area (Å²) >= 11 is 0. The molecule has 0 spiro atoms. The van der Waals surface area contributed by atoms with Crippen molar-refractivity contribution in [1.82, 2.24) is 14.2 Å². The molecule has 2 aromatic rings. The third kappa shape index (κ3) is 3.45. The van der Waals surface area contributed by atoms with Crippen LogP contribution in [0, 0.1) is 18.6 Å². The Bertz CT molecular complexity index is 922. The molecule has 3 rings (SSSR count). The SMILES string of the molecule is Cc1cccc(C(=O)N2CCN(S(=O)(=O)c3c(F)cccc3F)CC2)n1. The minimum Gasteiger partial charge on any atom is -0.335 e. The lowest BCUT2D eigenvalue weighted by atomic mass is 10.2. The summed E-state index contributed by atoms with van der Waals surface area (Å²) in [5.41, 5.74) is 0.980. The van der Waals surface area contributed by atoms with E-state index in [0.717, 1.165) is 22.5 Å². The summed E-state index contributed by atoms with van der Waals surface area (Å²) in [4.78, 5) is 17.1. The largest absolute Gasteiger partial charge is 0.335 e. The summed E-state index contributed by atoms with van der Waals surface area (Å²) < 4.78 is 53.8. The van der Waals surface area contributed by atoms with E-state index in [4.69, 9.17) is 0 Å². The van der Waals surface area contributed by atoms with Crippen LogP contribution in [0.2, 0.25) is 0 Å². The van der Waals surface area contributed by atoms with E-state index in [2.05, 4.69) is 4.98 Å². The Balaban J connectivity index is 1.75. The van der Waals surface area contributed by atoms with Gasteiger partial charge in [0.25, 0.3) is 5.91 Å². The van der Waals surface area contributed by atoms with Crippen LogP contribution in [-0.2, 0) is 10.0 Å². The van der Waals surface area contributed by atoms with E-state index in [1.165, 1.54) is 4.90 Å². The minimum absolute atomic E-state index is 0.0480. The van der Waals surface area contributed by atoms with Crippen LogP contribution in [0.5, 0.6) is 0 Å². The molecule has 1 aliphatic heterocycles. The average Bonchev–Trinajstić information content (AvgIpc) is 2.61. The molecular formula is C17H17F2N3O3S. The summed E-state index contributed by atoms with van der Waals surface area (Å²) in [6.07, 6.45) is 0. The molecule has 0 N–H and O–H groups in total. The van der Waals surface area contributed by atoms with Gasteiger partial charge in [-0.25, -0.2) is 22.2 Å². The molecule has 1 aliphatic rings. The molecule has 1 saturated heterocycles. The summed E-state index contributed by atoms with van der Waals surface area (Å²) in [6.45, 7) is 1.90. The van der Waals surface area contributed by atoms with Gasteiger partial charge in [0.1, 0.15) is 17.3 Å². The van der Waals surface area contributed by atoms with Crippen LogP contribution >= 0.6 is 0 Å². The van der Waals surface area contributed by atoms with Gasteiger partial charge in [0.15, 0.2) is 4.90 Å². The summed E-state index contributed by atoms with van der Waals surface area (Å²) in [6, 6.07) is 7.99. The van der Waals surface area contributed by atoms with Crippen molar-refractivity contribution >= 4 is 15.9 Å². The quantitative estimate of drug-likeness (QED) is 0.813. The standard InChI is InChI=1S/C17H17F2N3O3S/c1-12-4-2-7-15(20-12)17(23)21-8-10-22(11-9-21)26(24,25)16-13(18)5-3-6-14(16)19/h2-7H,8-11H2,1H3. The predicted molar refractivity (Wildman–Crippen MR) is 90.0 cm³/mol. The zero-order valence-corrected chi connectivity index (χ0v) is 14.8. The van der Waals surface area contributed by atoms with Crippen LogP contribution in [0.4, 0.5) is 8.78 Å². The molecular weight excluding hydrogens is 364 g/mol. The van der Waals surface area contributed by atoms with Gasteiger partial charge < -0.3 is 4.90 Å². The van der Waals surface area contributed by atoms with Gasteiger partial charge >= 0.3 is 0 Å². The van der Waals surface area contributed by atoms with Crippen LogP contribution in [0.15, 0.2) is 41.3 Å². The van der Waals surface area contributed by atoms with Crippen LogP contribution in [0.25, 0.3) is 0 Å². The lowest BCUT2D eigenvalue weighted by Crippen LogP contribution is -2.50. The molecule has 0 radical (unpaired) electrons. The van der Waals surface area contributed by atoms with E-state index >= 15 is 0 Å². The average molecular weight is 381 g/mol. The van der Waals surface area contributed by atoms with Gasteiger partial charge in [-0.15, -0.1) is 0 Å².